The van der Waals surface area contributed by atoms with Gasteiger partial charge in [-0.25, -0.2) is 0 Å². The Morgan fingerprint density at radius 2 is 2.30 bits per heavy atom. The lowest BCUT2D eigenvalue weighted by Gasteiger charge is -1.91. The zero-order valence-electron chi connectivity index (χ0n) is 6.26. The third-order valence-electron chi connectivity index (χ3n) is 1.01. The molecule has 0 unspecified atom stereocenters. The fraction of sp³-hybridized carbons (Fsp3) is 0.250. The SMILES string of the molecule is C=C(C#N)C(/C=C\C)=NC. The van der Waals surface area contributed by atoms with Gasteiger partial charge in [-0.1, -0.05) is 12.7 Å². The lowest BCUT2D eigenvalue weighted by atomic mass is 10.2. The van der Waals surface area contributed by atoms with Gasteiger partial charge in [0, 0.05) is 7.05 Å². The molecule has 2 nitrogen and oxygen atoms in total. The molecule has 0 heterocycles. The normalized spacial score (nSPS) is 11.5. The van der Waals surface area contributed by atoms with Crippen LogP contribution < -0.4 is 0 Å². The van der Waals surface area contributed by atoms with Gasteiger partial charge in [-0.15, -0.1) is 0 Å². The summed E-state index contributed by atoms with van der Waals surface area (Å²) in [7, 11) is 1.64. The van der Waals surface area contributed by atoms with Crippen LogP contribution >= 0.6 is 0 Å². The monoisotopic (exact) mass is 134 g/mol. The number of hydrogen-bond donors (Lipinski definition) is 0. The number of rotatable bonds is 2. The molecule has 0 fully saturated rings. The fourth-order valence-electron chi connectivity index (χ4n) is 0.525. The molecule has 0 bridgehead atoms. The van der Waals surface area contributed by atoms with Gasteiger partial charge in [0.1, 0.15) is 6.07 Å². The summed E-state index contributed by atoms with van der Waals surface area (Å²) in [5.41, 5.74) is 1.05. The second-order valence-electron chi connectivity index (χ2n) is 1.70. The van der Waals surface area contributed by atoms with E-state index in [2.05, 4.69) is 11.6 Å². The van der Waals surface area contributed by atoms with Gasteiger partial charge in [0.15, 0.2) is 0 Å². The molecule has 0 radical (unpaired) electrons. The van der Waals surface area contributed by atoms with Crippen LogP contribution in [0.3, 0.4) is 0 Å². The van der Waals surface area contributed by atoms with Crippen LogP contribution in [0, 0.1) is 11.3 Å². The van der Waals surface area contributed by atoms with Crippen molar-refractivity contribution in [3.05, 3.63) is 24.3 Å². The van der Waals surface area contributed by atoms with E-state index in [9.17, 15) is 0 Å². The summed E-state index contributed by atoms with van der Waals surface area (Å²) in [6.07, 6.45) is 3.58. The van der Waals surface area contributed by atoms with E-state index in [0.717, 1.165) is 0 Å². The first-order chi connectivity index (χ1) is 4.76. The van der Waals surface area contributed by atoms with Crippen molar-refractivity contribution in [2.24, 2.45) is 4.99 Å². The van der Waals surface area contributed by atoms with Crippen molar-refractivity contribution >= 4 is 5.71 Å². The van der Waals surface area contributed by atoms with E-state index in [4.69, 9.17) is 5.26 Å². The highest BCUT2D eigenvalue weighted by Gasteiger charge is 1.95. The van der Waals surface area contributed by atoms with Crippen LogP contribution in [0.5, 0.6) is 0 Å². The highest BCUT2D eigenvalue weighted by molar-refractivity contribution is 6.10. The van der Waals surface area contributed by atoms with E-state index in [1.165, 1.54) is 0 Å². The highest BCUT2D eigenvalue weighted by Crippen LogP contribution is 1.93. The quantitative estimate of drug-likeness (QED) is 0.418. The predicted molar refractivity (Wildman–Crippen MR) is 42.9 cm³/mol. The lowest BCUT2D eigenvalue weighted by Crippen LogP contribution is -1.94. The first-order valence-corrected chi connectivity index (χ1v) is 2.95. The van der Waals surface area contributed by atoms with Gasteiger partial charge in [-0.2, -0.15) is 5.26 Å². The summed E-state index contributed by atoms with van der Waals surface area (Å²) in [5.74, 6) is 0. The van der Waals surface area contributed by atoms with Crippen LogP contribution in [-0.4, -0.2) is 12.8 Å². The molecule has 0 aliphatic carbocycles. The molecule has 0 rings (SSSR count). The summed E-state index contributed by atoms with van der Waals surface area (Å²) >= 11 is 0. The number of nitriles is 1. The lowest BCUT2D eigenvalue weighted by molar-refractivity contribution is 1.43. The van der Waals surface area contributed by atoms with Crippen molar-refractivity contribution < 1.29 is 0 Å². The van der Waals surface area contributed by atoms with Crippen molar-refractivity contribution in [3.63, 3.8) is 0 Å². The third-order valence-corrected chi connectivity index (χ3v) is 1.01. The highest BCUT2D eigenvalue weighted by atomic mass is 14.7. The topological polar surface area (TPSA) is 36.1 Å². The Labute approximate surface area is 61.2 Å². The van der Waals surface area contributed by atoms with E-state index in [1.807, 2.05) is 19.1 Å². The Bertz CT molecular complexity index is 216. The molecule has 0 saturated heterocycles. The molecule has 0 aromatic carbocycles. The molecule has 0 amide bonds. The van der Waals surface area contributed by atoms with Gasteiger partial charge < -0.3 is 0 Å². The van der Waals surface area contributed by atoms with Crippen molar-refractivity contribution in [2.75, 3.05) is 7.05 Å². The Morgan fingerprint density at radius 1 is 1.70 bits per heavy atom. The summed E-state index contributed by atoms with van der Waals surface area (Å²) < 4.78 is 0. The Kier molecular flexibility index (Phi) is 3.90. The Hall–Kier alpha value is -1.36. The summed E-state index contributed by atoms with van der Waals surface area (Å²) in [4.78, 5) is 3.86. The largest absolute Gasteiger partial charge is 0.287 e. The first kappa shape index (κ1) is 8.64. The molecule has 0 aromatic rings. The summed E-state index contributed by atoms with van der Waals surface area (Å²) in [5, 5.41) is 8.40. The second kappa shape index (κ2) is 4.51. The van der Waals surface area contributed by atoms with Gasteiger partial charge in [0.2, 0.25) is 0 Å². The molecule has 0 atom stereocenters. The molecule has 0 spiro atoms. The molecule has 0 aliphatic heterocycles. The maximum Gasteiger partial charge on any atom is 0.101 e. The number of nitrogens with zero attached hydrogens (tertiary/aromatic N) is 2. The molecular weight excluding hydrogens is 124 g/mol. The maximum atomic E-state index is 8.40. The second-order valence-corrected chi connectivity index (χ2v) is 1.70. The fourth-order valence-corrected chi connectivity index (χ4v) is 0.525. The zero-order valence-corrected chi connectivity index (χ0v) is 6.26. The van der Waals surface area contributed by atoms with E-state index >= 15 is 0 Å². The van der Waals surface area contributed by atoms with Crippen molar-refractivity contribution in [1.82, 2.24) is 0 Å². The van der Waals surface area contributed by atoms with Crippen LogP contribution in [0.15, 0.2) is 29.3 Å². The molecule has 0 N–H and O–H groups in total. The van der Waals surface area contributed by atoms with Gasteiger partial charge in [0.05, 0.1) is 11.3 Å². The molecule has 0 aromatic heterocycles. The van der Waals surface area contributed by atoms with Crippen molar-refractivity contribution in [2.45, 2.75) is 6.92 Å². The van der Waals surface area contributed by atoms with E-state index in [1.54, 1.807) is 13.1 Å². The Balaban J connectivity index is 4.43. The summed E-state index contributed by atoms with van der Waals surface area (Å²) in [6.45, 7) is 5.39. The minimum Gasteiger partial charge on any atom is -0.287 e. The van der Waals surface area contributed by atoms with E-state index in [-0.39, 0.29) is 0 Å². The van der Waals surface area contributed by atoms with Crippen LogP contribution in [0.1, 0.15) is 6.92 Å². The smallest absolute Gasteiger partial charge is 0.101 e. The van der Waals surface area contributed by atoms with Crippen LogP contribution in [0.2, 0.25) is 0 Å². The Morgan fingerprint density at radius 3 is 2.60 bits per heavy atom. The number of hydrogen-bond acceptors (Lipinski definition) is 2. The number of allylic oxidation sites excluding steroid dienone is 3. The van der Waals surface area contributed by atoms with Gasteiger partial charge >= 0.3 is 0 Å². The molecule has 0 saturated carbocycles. The van der Waals surface area contributed by atoms with E-state index < -0.39 is 0 Å². The van der Waals surface area contributed by atoms with Gasteiger partial charge in [-0.3, -0.25) is 4.99 Å². The maximum absolute atomic E-state index is 8.40. The standard InChI is InChI=1S/C8H10N2/c1-4-5-8(10-3)7(2)6-9/h4-5H,2H2,1,3H3/b5-4-,10-8?. The minimum absolute atomic E-state index is 0.403. The molecule has 52 valence electrons. The van der Waals surface area contributed by atoms with Gasteiger partial charge in [0.25, 0.3) is 0 Å². The number of aliphatic imine (C=N–C) groups is 1. The van der Waals surface area contributed by atoms with Crippen LogP contribution in [0.25, 0.3) is 0 Å². The molecule has 10 heavy (non-hydrogen) atoms. The molecule has 0 aliphatic rings. The minimum atomic E-state index is 0.403. The average Bonchev–Trinajstić information content (AvgIpc) is 1.99. The van der Waals surface area contributed by atoms with Crippen LogP contribution in [-0.2, 0) is 0 Å². The van der Waals surface area contributed by atoms with Crippen LogP contribution in [0.4, 0.5) is 0 Å². The van der Waals surface area contributed by atoms with Crippen molar-refractivity contribution in [1.29, 1.82) is 5.26 Å². The first-order valence-electron chi connectivity index (χ1n) is 2.95. The molecule has 2 heteroatoms. The third kappa shape index (κ3) is 2.27. The molecular formula is C8H10N2. The van der Waals surface area contributed by atoms with Crippen molar-refractivity contribution in [3.8, 4) is 6.07 Å². The summed E-state index contributed by atoms with van der Waals surface area (Å²) in [6, 6.07) is 1.92. The van der Waals surface area contributed by atoms with E-state index in [0.29, 0.717) is 11.3 Å². The van der Waals surface area contributed by atoms with Gasteiger partial charge in [-0.05, 0) is 13.0 Å². The average molecular weight is 134 g/mol. The predicted octanol–water partition coefficient (Wildman–Crippen LogP) is 1.71. The zero-order chi connectivity index (χ0) is 7.98.